The van der Waals surface area contributed by atoms with Gasteiger partial charge in [-0.05, 0) is 59.8 Å². The zero-order valence-electron chi connectivity index (χ0n) is 33.5. The molecule has 14 nitrogen and oxygen atoms in total. The summed E-state index contributed by atoms with van der Waals surface area (Å²) in [5.74, 6) is 0.269. The molecule has 2 aromatic carbocycles. The number of rotatable bonds is 11. The fourth-order valence-electron chi connectivity index (χ4n) is 8.43. The van der Waals surface area contributed by atoms with Crippen LogP contribution in [0.15, 0.2) is 54.7 Å². The van der Waals surface area contributed by atoms with E-state index in [9.17, 15) is 19.2 Å². The van der Waals surface area contributed by atoms with Gasteiger partial charge in [0.1, 0.15) is 17.9 Å². The zero-order chi connectivity index (χ0) is 40.4. The van der Waals surface area contributed by atoms with E-state index in [-0.39, 0.29) is 35.7 Å². The first-order chi connectivity index (χ1) is 27.5. The molecule has 3 aliphatic rings. The quantitative estimate of drug-likeness (QED) is 0.128. The Labute approximate surface area is 333 Å². The number of methoxy groups -OCH3 is 2. The number of benzene rings is 2. The standard InChI is InChI=1S/C43H53N7O7/c1-24(2)35(47-42(53)55-5)40(51)49-19-7-9-33(49)38-31-23-57-22-30(31)37(46-38)29-17-13-27(14-18-29)26-11-15-28(16-12-26)32-21-44-39(45-32)34-10-8-20-50(34)41(52)36(25(3)4)48-43(54)56-6/h11-18,21,24-25,33-36,46H,7-10,19-20,22-23H2,1-6H3,(H,44,45)(H,47,53)(H,48,54)/t33-,34+,35+,36+/m1/s1. The van der Waals surface area contributed by atoms with Gasteiger partial charge in [-0.25, -0.2) is 14.6 Å². The monoisotopic (exact) mass is 779 g/mol. The van der Waals surface area contributed by atoms with E-state index in [4.69, 9.17) is 14.2 Å². The average molecular weight is 780 g/mol. The van der Waals surface area contributed by atoms with Gasteiger partial charge in [-0.2, -0.15) is 0 Å². The van der Waals surface area contributed by atoms with Gasteiger partial charge in [0.15, 0.2) is 0 Å². The van der Waals surface area contributed by atoms with Crippen molar-refractivity contribution in [1.29, 1.82) is 0 Å². The number of hydrogen-bond donors (Lipinski definition) is 4. The molecule has 0 unspecified atom stereocenters. The molecule has 4 N–H and O–H groups in total. The summed E-state index contributed by atoms with van der Waals surface area (Å²) >= 11 is 0. The van der Waals surface area contributed by atoms with Crippen molar-refractivity contribution < 1.29 is 33.4 Å². The van der Waals surface area contributed by atoms with Crippen molar-refractivity contribution in [3.05, 3.63) is 77.4 Å². The summed E-state index contributed by atoms with van der Waals surface area (Å²) < 4.78 is 15.5. The van der Waals surface area contributed by atoms with Gasteiger partial charge in [0.25, 0.3) is 0 Å². The SMILES string of the molecule is COC(=O)N[C@H](C(=O)N1CCC[C@@H]1c1[nH]c(-c2ccc(-c3ccc(-c4cnc([C@@H]5CCCN5C(=O)[C@@H](NC(=O)OC)C(C)C)[nH]4)cc3)cc2)c2c1COC2)C(C)C. The maximum Gasteiger partial charge on any atom is 0.407 e. The second kappa shape index (κ2) is 16.8. The lowest BCUT2D eigenvalue weighted by molar-refractivity contribution is -0.136. The number of nitrogens with zero attached hydrogens (tertiary/aromatic N) is 3. The predicted molar refractivity (Wildman–Crippen MR) is 213 cm³/mol. The van der Waals surface area contributed by atoms with Gasteiger partial charge < -0.3 is 44.6 Å². The van der Waals surface area contributed by atoms with Gasteiger partial charge >= 0.3 is 12.2 Å². The molecule has 0 aliphatic carbocycles. The predicted octanol–water partition coefficient (Wildman–Crippen LogP) is 6.86. The highest BCUT2D eigenvalue weighted by atomic mass is 16.5. The van der Waals surface area contributed by atoms with E-state index in [1.165, 1.54) is 14.2 Å². The number of amides is 4. The van der Waals surface area contributed by atoms with Crippen molar-refractivity contribution in [2.75, 3.05) is 27.3 Å². The van der Waals surface area contributed by atoms with E-state index in [2.05, 4.69) is 74.1 Å². The summed E-state index contributed by atoms with van der Waals surface area (Å²) in [5, 5.41) is 5.44. The lowest BCUT2D eigenvalue weighted by Gasteiger charge is -2.31. The van der Waals surface area contributed by atoms with Crippen LogP contribution in [-0.2, 0) is 37.0 Å². The molecule has 57 heavy (non-hydrogen) atoms. The Morgan fingerprint density at radius 1 is 0.702 bits per heavy atom. The summed E-state index contributed by atoms with van der Waals surface area (Å²) in [4.78, 5) is 67.0. The molecule has 7 rings (SSSR count). The smallest absolute Gasteiger partial charge is 0.407 e. The molecule has 4 amide bonds. The number of hydrogen-bond acceptors (Lipinski definition) is 8. The molecule has 0 bridgehead atoms. The molecule has 0 radical (unpaired) electrons. The number of ether oxygens (including phenoxy) is 3. The van der Waals surface area contributed by atoms with Crippen LogP contribution >= 0.6 is 0 Å². The highest BCUT2D eigenvalue weighted by molar-refractivity contribution is 5.87. The molecule has 2 aromatic heterocycles. The Morgan fingerprint density at radius 2 is 1.19 bits per heavy atom. The van der Waals surface area contributed by atoms with Crippen LogP contribution in [0, 0.1) is 11.8 Å². The number of carbonyl (C=O) groups excluding carboxylic acids is 4. The lowest BCUT2D eigenvalue weighted by Crippen LogP contribution is -2.51. The van der Waals surface area contributed by atoms with Gasteiger partial charge in [-0.1, -0.05) is 76.2 Å². The number of imidazole rings is 1. The average Bonchev–Trinajstić information content (AvgIpc) is 4.07. The first-order valence-electron chi connectivity index (χ1n) is 19.9. The number of aromatic amines is 2. The van der Waals surface area contributed by atoms with E-state index in [0.29, 0.717) is 26.3 Å². The highest BCUT2D eigenvalue weighted by Crippen LogP contribution is 2.42. The number of likely N-dealkylation sites (tertiary alicyclic amines) is 2. The van der Waals surface area contributed by atoms with Gasteiger partial charge in [0, 0.05) is 29.9 Å². The minimum atomic E-state index is -0.689. The van der Waals surface area contributed by atoms with Gasteiger partial charge in [0.05, 0.1) is 57.1 Å². The van der Waals surface area contributed by atoms with E-state index in [1.807, 2.05) is 43.7 Å². The first kappa shape index (κ1) is 39.6. The largest absolute Gasteiger partial charge is 0.453 e. The number of carbonyl (C=O) groups is 4. The lowest BCUT2D eigenvalue weighted by atomic mass is 9.99. The first-order valence-corrected chi connectivity index (χ1v) is 19.9. The van der Waals surface area contributed by atoms with E-state index < -0.39 is 24.3 Å². The molecule has 4 aromatic rings. The molecule has 0 saturated carbocycles. The Bertz CT molecular complexity index is 2090. The van der Waals surface area contributed by atoms with Crippen LogP contribution in [0.25, 0.3) is 33.6 Å². The molecular formula is C43H53N7O7. The third-order valence-corrected chi connectivity index (χ3v) is 11.5. The van der Waals surface area contributed by atoms with Crippen LogP contribution in [0.1, 0.15) is 88.1 Å². The summed E-state index contributed by atoms with van der Waals surface area (Å²) in [6, 6.07) is 15.0. The van der Waals surface area contributed by atoms with Crippen molar-refractivity contribution in [2.45, 2.75) is 90.8 Å². The van der Waals surface area contributed by atoms with Crippen molar-refractivity contribution in [3.8, 4) is 33.6 Å². The minimum Gasteiger partial charge on any atom is -0.453 e. The van der Waals surface area contributed by atoms with Gasteiger partial charge in [-0.15, -0.1) is 0 Å². The summed E-state index contributed by atoms with van der Waals surface area (Å²) in [6.07, 6.45) is 3.89. The van der Waals surface area contributed by atoms with Crippen LogP contribution in [0.3, 0.4) is 0 Å². The third-order valence-electron chi connectivity index (χ3n) is 11.5. The molecule has 2 saturated heterocycles. The number of fused-ring (bicyclic) bond motifs is 1. The molecular weight excluding hydrogens is 727 g/mol. The number of H-pyrrole nitrogens is 2. The maximum absolute atomic E-state index is 13.8. The molecule has 3 aliphatic heterocycles. The van der Waals surface area contributed by atoms with Crippen molar-refractivity contribution in [1.82, 2.24) is 35.4 Å². The van der Waals surface area contributed by atoms with Gasteiger partial charge in [-0.3, -0.25) is 9.59 Å². The van der Waals surface area contributed by atoms with Gasteiger partial charge in [0.2, 0.25) is 11.8 Å². The Kier molecular flexibility index (Phi) is 11.7. The second-order valence-electron chi connectivity index (χ2n) is 15.8. The van der Waals surface area contributed by atoms with E-state index >= 15 is 0 Å². The molecule has 302 valence electrons. The van der Waals surface area contributed by atoms with Crippen LogP contribution in [0.5, 0.6) is 0 Å². The zero-order valence-corrected chi connectivity index (χ0v) is 33.5. The molecule has 14 heteroatoms. The Balaban J connectivity index is 1.05. The Morgan fingerprint density at radius 3 is 1.74 bits per heavy atom. The fourth-order valence-corrected chi connectivity index (χ4v) is 8.43. The number of aromatic nitrogens is 3. The van der Waals surface area contributed by atoms with Crippen molar-refractivity contribution >= 4 is 24.0 Å². The van der Waals surface area contributed by atoms with Crippen LogP contribution in [0.4, 0.5) is 9.59 Å². The molecule has 2 fully saturated rings. The van der Waals surface area contributed by atoms with Crippen molar-refractivity contribution in [2.24, 2.45) is 11.8 Å². The summed E-state index contributed by atoms with van der Waals surface area (Å²) in [6.45, 7) is 9.84. The molecule has 4 atom stereocenters. The summed E-state index contributed by atoms with van der Waals surface area (Å²) in [5.41, 5.74) is 9.26. The number of alkyl carbamates (subject to hydrolysis) is 2. The van der Waals surface area contributed by atoms with E-state index in [0.717, 1.165) is 82.0 Å². The van der Waals surface area contributed by atoms with Crippen LogP contribution in [-0.4, -0.2) is 88.1 Å². The number of nitrogens with one attached hydrogen (secondary N) is 4. The fraction of sp³-hybridized carbons (Fsp3) is 0.465. The normalized spacial score (nSPS) is 18.8. The maximum atomic E-state index is 13.8. The summed E-state index contributed by atoms with van der Waals surface area (Å²) in [7, 11) is 2.59. The molecule has 5 heterocycles. The highest BCUT2D eigenvalue weighted by Gasteiger charge is 2.40. The topological polar surface area (TPSA) is 171 Å². The van der Waals surface area contributed by atoms with Crippen LogP contribution in [0.2, 0.25) is 0 Å². The van der Waals surface area contributed by atoms with E-state index in [1.54, 1.807) is 0 Å². The second-order valence-corrected chi connectivity index (χ2v) is 15.8. The Hall–Kier alpha value is -5.63. The minimum absolute atomic E-state index is 0.103. The molecule has 0 spiro atoms. The van der Waals surface area contributed by atoms with Crippen LogP contribution < -0.4 is 10.6 Å². The third kappa shape index (κ3) is 8.00. The van der Waals surface area contributed by atoms with Crippen molar-refractivity contribution in [3.63, 3.8) is 0 Å².